The second-order valence-electron chi connectivity index (χ2n) is 6.32. The van der Waals surface area contributed by atoms with E-state index in [0.717, 1.165) is 42.4 Å². The summed E-state index contributed by atoms with van der Waals surface area (Å²) in [5, 5.41) is 4.61. The molecule has 1 fully saturated rings. The number of aromatic nitrogens is 1. The molecule has 4 nitrogen and oxygen atoms in total. The van der Waals surface area contributed by atoms with Gasteiger partial charge >= 0.3 is 0 Å². The van der Waals surface area contributed by atoms with Crippen molar-refractivity contribution in [3.8, 4) is 0 Å². The van der Waals surface area contributed by atoms with Crippen molar-refractivity contribution in [3.05, 3.63) is 42.1 Å². The summed E-state index contributed by atoms with van der Waals surface area (Å²) >= 11 is 0. The molecule has 1 unspecified atom stereocenters. The number of pyridine rings is 1. The largest absolute Gasteiger partial charge is 0.337 e. The van der Waals surface area contributed by atoms with Crippen molar-refractivity contribution in [2.75, 3.05) is 13.1 Å². The monoisotopic (exact) mass is 297 g/mol. The standard InChI is InChI=1S/C18H23N3O/c1-13(2)20-16-6-4-10-21(12-16)18(22)15-8-7-14-5-3-9-19-17(14)11-15/h3,5,7-9,11,13,16,20H,4,6,10,12H2,1-2H3. The molecule has 0 aliphatic carbocycles. The number of benzene rings is 1. The molecular formula is C18H23N3O. The van der Waals surface area contributed by atoms with Crippen LogP contribution < -0.4 is 5.32 Å². The van der Waals surface area contributed by atoms with Crippen molar-refractivity contribution >= 4 is 16.8 Å². The molecule has 3 rings (SSSR count). The second kappa shape index (κ2) is 6.44. The van der Waals surface area contributed by atoms with Gasteiger partial charge in [0, 0.05) is 42.3 Å². The summed E-state index contributed by atoms with van der Waals surface area (Å²) in [5.74, 6) is 0.114. The van der Waals surface area contributed by atoms with Crippen LogP contribution in [0.1, 0.15) is 37.0 Å². The van der Waals surface area contributed by atoms with E-state index in [9.17, 15) is 4.79 Å². The summed E-state index contributed by atoms with van der Waals surface area (Å²) in [7, 11) is 0. The van der Waals surface area contributed by atoms with E-state index in [1.54, 1.807) is 6.20 Å². The van der Waals surface area contributed by atoms with E-state index >= 15 is 0 Å². The van der Waals surface area contributed by atoms with Crippen LogP contribution in [0, 0.1) is 0 Å². The Morgan fingerprint density at radius 3 is 3.05 bits per heavy atom. The lowest BCUT2D eigenvalue weighted by Crippen LogP contribution is -2.49. The minimum Gasteiger partial charge on any atom is -0.337 e. The van der Waals surface area contributed by atoms with Crippen molar-refractivity contribution in [3.63, 3.8) is 0 Å². The molecule has 1 saturated heterocycles. The van der Waals surface area contributed by atoms with Gasteiger partial charge in [-0.2, -0.15) is 0 Å². The molecule has 1 atom stereocenters. The molecule has 1 aliphatic rings. The molecule has 22 heavy (non-hydrogen) atoms. The zero-order chi connectivity index (χ0) is 15.5. The van der Waals surface area contributed by atoms with Gasteiger partial charge in [0.15, 0.2) is 0 Å². The van der Waals surface area contributed by atoms with Gasteiger partial charge < -0.3 is 10.2 Å². The van der Waals surface area contributed by atoms with Crippen LogP contribution in [0.3, 0.4) is 0 Å². The number of likely N-dealkylation sites (tertiary alicyclic amines) is 1. The fourth-order valence-electron chi connectivity index (χ4n) is 3.15. The molecule has 2 heterocycles. The highest BCUT2D eigenvalue weighted by Crippen LogP contribution is 2.18. The van der Waals surface area contributed by atoms with E-state index in [4.69, 9.17) is 0 Å². The average molecular weight is 297 g/mol. The molecule has 0 saturated carbocycles. The quantitative estimate of drug-likeness (QED) is 0.947. The molecule has 1 aromatic carbocycles. The minimum atomic E-state index is 0.114. The summed E-state index contributed by atoms with van der Waals surface area (Å²) < 4.78 is 0. The molecule has 1 aromatic heterocycles. The van der Waals surface area contributed by atoms with Crippen LogP contribution in [0.2, 0.25) is 0 Å². The topological polar surface area (TPSA) is 45.2 Å². The molecule has 4 heteroatoms. The lowest BCUT2D eigenvalue weighted by atomic mass is 10.0. The Hall–Kier alpha value is -1.94. The maximum Gasteiger partial charge on any atom is 0.253 e. The third-order valence-corrected chi connectivity index (χ3v) is 4.13. The van der Waals surface area contributed by atoms with Crippen LogP contribution in [-0.2, 0) is 0 Å². The Bertz CT molecular complexity index is 668. The van der Waals surface area contributed by atoms with Gasteiger partial charge in [-0.05, 0) is 31.0 Å². The van der Waals surface area contributed by atoms with Crippen LogP contribution >= 0.6 is 0 Å². The van der Waals surface area contributed by atoms with E-state index in [-0.39, 0.29) is 5.91 Å². The molecule has 1 N–H and O–H groups in total. The predicted molar refractivity (Wildman–Crippen MR) is 88.9 cm³/mol. The van der Waals surface area contributed by atoms with Crippen LogP contribution in [0.4, 0.5) is 0 Å². The fraction of sp³-hybridized carbons (Fsp3) is 0.444. The first-order chi connectivity index (χ1) is 10.6. The number of rotatable bonds is 3. The normalized spacial score (nSPS) is 18.9. The number of nitrogens with one attached hydrogen (secondary N) is 1. The van der Waals surface area contributed by atoms with Crippen molar-refractivity contribution in [1.82, 2.24) is 15.2 Å². The predicted octanol–water partition coefficient (Wildman–Crippen LogP) is 2.84. The van der Waals surface area contributed by atoms with Gasteiger partial charge in [-0.1, -0.05) is 26.0 Å². The lowest BCUT2D eigenvalue weighted by Gasteiger charge is -2.34. The maximum atomic E-state index is 12.7. The Kier molecular flexibility index (Phi) is 4.39. The first-order valence-electron chi connectivity index (χ1n) is 8.03. The highest BCUT2D eigenvalue weighted by Gasteiger charge is 2.24. The van der Waals surface area contributed by atoms with Gasteiger partial charge in [-0.15, -0.1) is 0 Å². The highest BCUT2D eigenvalue weighted by molar-refractivity contribution is 5.97. The Labute approximate surface area is 131 Å². The van der Waals surface area contributed by atoms with Crippen molar-refractivity contribution < 1.29 is 4.79 Å². The zero-order valence-electron chi connectivity index (χ0n) is 13.2. The van der Waals surface area contributed by atoms with Gasteiger partial charge in [-0.25, -0.2) is 0 Å². The smallest absolute Gasteiger partial charge is 0.253 e. The zero-order valence-corrected chi connectivity index (χ0v) is 13.2. The number of fused-ring (bicyclic) bond motifs is 1. The summed E-state index contributed by atoms with van der Waals surface area (Å²) in [6.07, 6.45) is 3.96. The van der Waals surface area contributed by atoms with Gasteiger partial charge in [0.2, 0.25) is 0 Å². The van der Waals surface area contributed by atoms with Crippen LogP contribution in [0.25, 0.3) is 10.9 Å². The number of hydrogen-bond acceptors (Lipinski definition) is 3. The van der Waals surface area contributed by atoms with Crippen LogP contribution in [0.5, 0.6) is 0 Å². The third-order valence-electron chi connectivity index (χ3n) is 4.13. The van der Waals surface area contributed by atoms with E-state index < -0.39 is 0 Å². The van der Waals surface area contributed by atoms with Gasteiger partial charge in [0.05, 0.1) is 5.52 Å². The van der Waals surface area contributed by atoms with E-state index in [2.05, 4.69) is 24.1 Å². The number of carbonyl (C=O) groups excluding carboxylic acids is 1. The lowest BCUT2D eigenvalue weighted by molar-refractivity contribution is 0.0691. The Balaban J connectivity index is 1.76. The van der Waals surface area contributed by atoms with E-state index in [0.29, 0.717) is 12.1 Å². The van der Waals surface area contributed by atoms with Crippen molar-refractivity contribution in [2.24, 2.45) is 0 Å². The molecule has 0 spiro atoms. The maximum absolute atomic E-state index is 12.7. The van der Waals surface area contributed by atoms with E-state index in [1.165, 1.54) is 0 Å². The van der Waals surface area contributed by atoms with Crippen molar-refractivity contribution in [1.29, 1.82) is 0 Å². The molecular weight excluding hydrogens is 274 g/mol. The number of hydrogen-bond donors (Lipinski definition) is 1. The van der Waals surface area contributed by atoms with Gasteiger partial charge in [0.25, 0.3) is 5.91 Å². The average Bonchev–Trinajstić information content (AvgIpc) is 2.53. The molecule has 116 valence electrons. The summed E-state index contributed by atoms with van der Waals surface area (Å²) in [6, 6.07) is 10.6. The first-order valence-corrected chi connectivity index (χ1v) is 8.03. The SMILES string of the molecule is CC(C)NC1CCCN(C(=O)c2ccc3cccnc3c2)C1. The number of nitrogens with zero attached hydrogens (tertiary/aromatic N) is 2. The summed E-state index contributed by atoms with van der Waals surface area (Å²) in [5.41, 5.74) is 1.61. The third kappa shape index (κ3) is 3.28. The van der Waals surface area contributed by atoms with Gasteiger partial charge in [0.1, 0.15) is 0 Å². The number of piperidine rings is 1. The van der Waals surface area contributed by atoms with Gasteiger partial charge in [-0.3, -0.25) is 9.78 Å². The first kappa shape index (κ1) is 15.0. The fourth-order valence-corrected chi connectivity index (χ4v) is 3.15. The van der Waals surface area contributed by atoms with Crippen molar-refractivity contribution in [2.45, 2.75) is 38.8 Å². The minimum absolute atomic E-state index is 0.114. The van der Waals surface area contributed by atoms with E-state index in [1.807, 2.05) is 35.2 Å². The molecule has 2 aromatic rings. The summed E-state index contributed by atoms with van der Waals surface area (Å²) in [4.78, 5) is 19.1. The van der Waals surface area contributed by atoms with Crippen LogP contribution in [-0.4, -0.2) is 41.0 Å². The highest BCUT2D eigenvalue weighted by atomic mass is 16.2. The number of carbonyl (C=O) groups is 1. The van der Waals surface area contributed by atoms with Crippen LogP contribution in [0.15, 0.2) is 36.5 Å². The molecule has 0 radical (unpaired) electrons. The second-order valence-corrected chi connectivity index (χ2v) is 6.32. The molecule has 0 bridgehead atoms. The molecule has 1 aliphatic heterocycles. The molecule has 1 amide bonds. The number of amides is 1. The summed E-state index contributed by atoms with van der Waals surface area (Å²) in [6.45, 7) is 5.93. The Morgan fingerprint density at radius 1 is 1.36 bits per heavy atom. The Morgan fingerprint density at radius 2 is 2.23 bits per heavy atom.